The summed E-state index contributed by atoms with van der Waals surface area (Å²) in [6, 6.07) is 8.68. The number of carbonyl (C=O) groups is 1. The van der Waals surface area contributed by atoms with Gasteiger partial charge in [0, 0.05) is 5.39 Å². The summed E-state index contributed by atoms with van der Waals surface area (Å²) in [5, 5.41) is 12.5. The molecule has 1 aromatic carbocycles. The molecule has 3 N–H and O–H groups in total. The standard InChI is InChI=1S/C10H9N5O/c11-10(16)15-12-6-8-5-7-3-1-2-4-9(7)14-13-8/h1-6H,(H3,11,15,16)/b12-6+. The molecule has 0 aliphatic heterocycles. The number of aromatic nitrogens is 2. The van der Waals surface area contributed by atoms with Gasteiger partial charge in [0.1, 0.15) is 5.69 Å². The fourth-order valence-electron chi connectivity index (χ4n) is 1.23. The van der Waals surface area contributed by atoms with Crippen LogP contribution in [0.3, 0.4) is 0 Å². The zero-order valence-corrected chi connectivity index (χ0v) is 8.29. The summed E-state index contributed by atoms with van der Waals surface area (Å²) >= 11 is 0. The third kappa shape index (κ3) is 2.30. The molecule has 6 nitrogen and oxygen atoms in total. The van der Waals surface area contributed by atoms with Crippen molar-refractivity contribution in [2.75, 3.05) is 0 Å². The van der Waals surface area contributed by atoms with E-state index in [1.54, 1.807) is 0 Å². The minimum Gasteiger partial charge on any atom is -0.350 e. The minimum absolute atomic E-state index is 0.549. The van der Waals surface area contributed by atoms with Gasteiger partial charge in [-0.1, -0.05) is 18.2 Å². The summed E-state index contributed by atoms with van der Waals surface area (Å²) in [7, 11) is 0. The van der Waals surface area contributed by atoms with Gasteiger partial charge in [0.25, 0.3) is 0 Å². The number of rotatable bonds is 2. The fraction of sp³-hybridized carbons (Fsp3) is 0. The molecule has 1 heterocycles. The van der Waals surface area contributed by atoms with E-state index in [-0.39, 0.29) is 0 Å². The molecule has 0 saturated heterocycles. The molecule has 0 radical (unpaired) electrons. The largest absolute Gasteiger partial charge is 0.350 e. The van der Waals surface area contributed by atoms with Gasteiger partial charge in [-0.15, -0.1) is 10.2 Å². The van der Waals surface area contributed by atoms with E-state index in [2.05, 4.69) is 20.7 Å². The molecule has 2 rings (SSSR count). The van der Waals surface area contributed by atoms with Gasteiger partial charge in [-0.2, -0.15) is 5.10 Å². The second-order valence-corrected chi connectivity index (χ2v) is 3.06. The van der Waals surface area contributed by atoms with Crippen molar-refractivity contribution < 1.29 is 4.79 Å². The molecule has 80 valence electrons. The minimum atomic E-state index is -0.718. The smallest absolute Gasteiger partial charge is 0.332 e. The summed E-state index contributed by atoms with van der Waals surface area (Å²) in [6.07, 6.45) is 1.38. The number of primary amides is 1. The van der Waals surface area contributed by atoms with Crippen molar-refractivity contribution in [2.24, 2.45) is 10.8 Å². The van der Waals surface area contributed by atoms with Crippen molar-refractivity contribution in [3.63, 3.8) is 0 Å². The Labute approximate surface area is 91.2 Å². The number of urea groups is 1. The Hall–Kier alpha value is -2.50. The molecule has 0 atom stereocenters. The van der Waals surface area contributed by atoms with Crippen molar-refractivity contribution in [1.82, 2.24) is 15.6 Å². The predicted octanol–water partition coefficient (Wildman–Crippen LogP) is 0.632. The fourth-order valence-corrected chi connectivity index (χ4v) is 1.23. The highest BCUT2D eigenvalue weighted by Crippen LogP contribution is 2.09. The van der Waals surface area contributed by atoms with Crippen LogP contribution in [0.15, 0.2) is 35.4 Å². The number of benzene rings is 1. The number of hydrazone groups is 1. The molecule has 0 saturated carbocycles. The Balaban J connectivity index is 2.26. The molecular weight excluding hydrogens is 206 g/mol. The maximum Gasteiger partial charge on any atom is 0.332 e. The highest BCUT2D eigenvalue weighted by molar-refractivity contribution is 5.86. The van der Waals surface area contributed by atoms with Gasteiger partial charge < -0.3 is 5.73 Å². The molecule has 0 aliphatic carbocycles. The average molecular weight is 215 g/mol. The van der Waals surface area contributed by atoms with Gasteiger partial charge in [-0.05, 0) is 12.1 Å². The molecule has 1 aromatic heterocycles. The number of amides is 2. The molecule has 0 bridgehead atoms. The van der Waals surface area contributed by atoms with Gasteiger partial charge >= 0.3 is 6.03 Å². The van der Waals surface area contributed by atoms with Crippen LogP contribution in [0.2, 0.25) is 0 Å². The van der Waals surface area contributed by atoms with Crippen LogP contribution < -0.4 is 11.2 Å². The molecule has 6 heteroatoms. The van der Waals surface area contributed by atoms with Crippen LogP contribution in [-0.2, 0) is 0 Å². The highest BCUT2D eigenvalue weighted by Gasteiger charge is 1.96. The normalized spacial score (nSPS) is 10.8. The van der Waals surface area contributed by atoms with E-state index < -0.39 is 6.03 Å². The number of nitrogens with zero attached hydrogens (tertiary/aromatic N) is 3. The topological polar surface area (TPSA) is 93.3 Å². The Morgan fingerprint density at radius 2 is 2.19 bits per heavy atom. The van der Waals surface area contributed by atoms with Gasteiger partial charge in [0.15, 0.2) is 0 Å². The van der Waals surface area contributed by atoms with E-state index in [4.69, 9.17) is 5.73 Å². The zero-order chi connectivity index (χ0) is 11.4. The van der Waals surface area contributed by atoms with E-state index in [0.717, 1.165) is 10.9 Å². The van der Waals surface area contributed by atoms with Gasteiger partial charge in [0.2, 0.25) is 0 Å². The average Bonchev–Trinajstić information content (AvgIpc) is 2.28. The number of hydrogen-bond donors (Lipinski definition) is 2. The monoisotopic (exact) mass is 215 g/mol. The molecule has 2 aromatic rings. The van der Waals surface area contributed by atoms with E-state index in [1.165, 1.54) is 6.21 Å². The van der Waals surface area contributed by atoms with Crippen molar-refractivity contribution in [3.8, 4) is 0 Å². The first-order valence-corrected chi connectivity index (χ1v) is 4.57. The lowest BCUT2D eigenvalue weighted by Gasteiger charge is -1.96. The maximum absolute atomic E-state index is 10.4. The Morgan fingerprint density at radius 3 is 3.00 bits per heavy atom. The van der Waals surface area contributed by atoms with Crippen LogP contribution in [0, 0.1) is 0 Å². The summed E-state index contributed by atoms with van der Waals surface area (Å²) in [5.41, 5.74) is 8.29. The van der Waals surface area contributed by atoms with Crippen LogP contribution in [0.1, 0.15) is 5.69 Å². The molecule has 0 fully saturated rings. The number of hydrogen-bond acceptors (Lipinski definition) is 4. The van der Waals surface area contributed by atoms with Crippen LogP contribution in [-0.4, -0.2) is 22.4 Å². The number of nitrogens with one attached hydrogen (secondary N) is 1. The van der Waals surface area contributed by atoms with Crippen molar-refractivity contribution in [2.45, 2.75) is 0 Å². The highest BCUT2D eigenvalue weighted by atomic mass is 16.2. The lowest BCUT2D eigenvalue weighted by molar-refractivity contribution is 0.249. The third-order valence-electron chi connectivity index (χ3n) is 1.88. The number of carbonyl (C=O) groups excluding carboxylic acids is 1. The van der Waals surface area contributed by atoms with Gasteiger partial charge in [-0.25, -0.2) is 10.2 Å². The lowest BCUT2D eigenvalue weighted by Crippen LogP contribution is -2.24. The molecule has 16 heavy (non-hydrogen) atoms. The quantitative estimate of drug-likeness (QED) is 0.568. The third-order valence-corrected chi connectivity index (χ3v) is 1.88. The Bertz CT molecular complexity index is 552. The molecule has 0 aliphatic rings. The zero-order valence-electron chi connectivity index (χ0n) is 8.29. The Kier molecular flexibility index (Phi) is 2.73. The van der Waals surface area contributed by atoms with E-state index in [9.17, 15) is 4.79 Å². The molecule has 0 spiro atoms. The first-order chi connectivity index (χ1) is 7.75. The predicted molar refractivity (Wildman–Crippen MR) is 59.9 cm³/mol. The second kappa shape index (κ2) is 4.35. The van der Waals surface area contributed by atoms with Crippen LogP contribution >= 0.6 is 0 Å². The van der Waals surface area contributed by atoms with Crippen molar-refractivity contribution >= 4 is 23.1 Å². The molecular formula is C10H9N5O. The molecule has 2 amide bonds. The van der Waals surface area contributed by atoms with Crippen molar-refractivity contribution in [3.05, 3.63) is 36.0 Å². The summed E-state index contributed by atoms with van der Waals surface area (Å²) < 4.78 is 0. The first-order valence-electron chi connectivity index (χ1n) is 4.57. The Morgan fingerprint density at radius 1 is 1.38 bits per heavy atom. The van der Waals surface area contributed by atoms with E-state index in [0.29, 0.717) is 5.69 Å². The van der Waals surface area contributed by atoms with E-state index >= 15 is 0 Å². The first kappa shape index (κ1) is 10.0. The van der Waals surface area contributed by atoms with Crippen LogP contribution in [0.25, 0.3) is 10.9 Å². The van der Waals surface area contributed by atoms with E-state index in [1.807, 2.05) is 30.3 Å². The van der Waals surface area contributed by atoms with Crippen LogP contribution in [0.4, 0.5) is 4.79 Å². The second-order valence-electron chi connectivity index (χ2n) is 3.06. The summed E-state index contributed by atoms with van der Waals surface area (Å²) in [4.78, 5) is 10.4. The van der Waals surface area contributed by atoms with Crippen LogP contribution in [0.5, 0.6) is 0 Å². The lowest BCUT2D eigenvalue weighted by atomic mass is 10.2. The number of fused-ring (bicyclic) bond motifs is 1. The maximum atomic E-state index is 10.4. The summed E-state index contributed by atoms with van der Waals surface area (Å²) in [5.74, 6) is 0. The van der Waals surface area contributed by atoms with Crippen molar-refractivity contribution in [1.29, 1.82) is 0 Å². The SMILES string of the molecule is NC(=O)N/N=C/c1cc2ccccc2nn1. The van der Waals surface area contributed by atoms with Gasteiger partial charge in [0.05, 0.1) is 11.7 Å². The molecule has 0 unspecified atom stereocenters. The summed E-state index contributed by atoms with van der Waals surface area (Å²) in [6.45, 7) is 0. The van der Waals surface area contributed by atoms with Gasteiger partial charge in [-0.3, -0.25) is 0 Å². The number of nitrogens with two attached hydrogens (primary N) is 1.